The van der Waals surface area contributed by atoms with E-state index in [1.54, 1.807) is 6.07 Å². The average Bonchev–Trinajstić information content (AvgIpc) is 2.72. The van der Waals surface area contributed by atoms with Gasteiger partial charge in [-0.05, 0) is 72.4 Å². The minimum absolute atomic E-state index is 0.0113. The van der Waals surface area contributed by atoms with Crippen molar-refractivity contribution in [2.24, 2.45) is 0 Å². The molecule has 34 heavy (non-hydrogen) atoms. The summed E-state index contributed by atoms with van der Waals surface area (Å²) in [5.41, 5.74) is -0.392. The summed E-state index contributed by atoms with van der Waals surface area (Å²) in [5, 5.41) is 0. The molecular formula is C26H20F8. The first kappa shape index (κ1) is 25.5. The van der Waals surface area contributed by atoms with Gasteiger partial charge in [0.05, 0.1) is 0 Å². The van der Waals surface area contributed by atoms with E-state index in [1.807, 2.05) is 6.92 Å². The Hall–Kier alpha value is -3.16. The van der Waals surface area contributed by atoms with Crippen molar-refractivity contribution in [1.82, 2.24) is 0 Å². The van der Waals surface area contributed by atoms with E-state index >= 15 is 0 Å². The fourth-order valence-corrected chi connectivity index (χ4v) is 3.62. The van der Waals surface area contributed by atoms with E-state index in [4.69, 9.17) is 0 Å². The van der Waals surface area contributed by atoms with Crippen LogP contribution in [-0.2, 0) is 19.3 Å². The van der Waals surface area contributed by atoms with Crippen molar-refractivity contribution in [2.45, 2.75) is 38.8 Å². The molecular weight excluding hydrogens is 464 g/mol. The van der Waals surface area contributed by atoms with Gasteiger partial charge in [-0.3, -0.25) is 0 Å². The third-order valence-electron chi connectivity index (χ3n) is 5.27. The van der Waals surface area contributed by atoms with E-state index in [2.05, 4.69) is 0 Å². The molecule has 0 aliphatic carbocycles. The van der Waals surface area contributed by atoms with Gasteiger partial charge in [-0.25, -0.2) is 22.0 Å². The van der Waals surface area contributed by atoms with Gasteiger partial charge in [-0.15, -0.1) is 0 Å². The molecule has 3 rings (SSSR count). The number of hydrogen-bond acceptors (Lipinski definition) is 0. The van der Waals surface area contributed by atoms with Crippen LogP contribution in [0.5, 0.6) is 0 Å². The van der Waals surface area contributed by atoms with Gasteiger partial charge < -0.3 is 0 Å². The zero-order valence-corrected chi connectivity index (χ0v) is 18.0. The van der Waals surface area contributed by atoms with Crippen LogP contribution in [0.4, 0.5) is 35.1 Å². The molecule has 0 nitrogen and oxygen atoms in total. The first-order valence-corrected chi connectivity index (χ1v) is 10.5. The molecule has 0 atom stereocenters. The maximum absolute atomic E-state index is 14.6. The van der Waals surface area contributed by atoms with Crippen molar-refractivity contribution < 1.29 is 35.1 Å². The van der Waals surface area contributed by atoms with Crippen LogP contribution < -0.4 is 0 Å². The minimum Gasteiger partial charge on any atom is -0.207 e. The summed E-state index contributed by atoms with van der Waals surface area (Å²) in [5.74, 6) is -4.96. The molecule has 0 saturated carbocycles. The molecule has 3 aromatic carbocycles. The van der Waals surface area contributed by atoms with Crippen LogP contribution in [0.25, 0.3) is 17.2 Å². The summed E-state index contributed by atoms with van der Waals surface area (Å²) < 4.78 is 109. The van der Waals surface area contributed by atoms with Crippen LogP contribution in [0.2, 0.25) is 0 Å². The Morgan fingerprint density at radius 2 is 1.26 bits per heavy atom. The Bertz CT molecular complexity index is 1160. The quantitative estimate of drug-likeness (QED) is 0.296. The lowest BCUT2D eigenvalue weighted by Crippen LogP contribution is -2.03. The van der Waals surface area contributed by atoms with Crippen molar-refractivity contribution in [3.8, 4) is 11.1 Å². The first-order valence-electron chi connectivity index (χ1n) is 10.5. The number of rotatable bonds is 7. The molecule has 0 fully saturated rings. The fourth-order valence-electron chi connectivity index (χ4n) is 3.62. The number of benzene rings is 3. The van der Waals surface area contributed by atoms with Crippen molar-refractivity contribution in [2.75, 3.05) is 0 Å². The normalized spacial score (nSPS) is 12.0. The van der Waals surface area contributed by atoms with Crippen LogP contribution in [0.15, 0.2) is 48.5 Å². The standard InChI is InChI=1S/C26H20F8/c1-2-3-15-4-6-18(21(27)10-15)17-13-24(30)19(25(31)14-17)7-5-16-11-22(28)20(23(29)12-16)8-9-26(32,33)34/h4,6,8-14H,2-3,5,7H2,1H3/b9-8+. The summed E-state index contributed by atoms with van der Waals surface area (Å²) in [6.45, 7) is 1.94. The third-order valence-corrected chi connectivity index (χ3v) is 5.27. The zero-order chi connectivity index (χ0) is 25.0. The molecule has 0 aliphatic rings. The maximum atomic E-state index is 14.6. The molecule has 0 amide bonds. The predicted molar refractivity (Wildman–Crippen MR) is 115 cm³/mol. The Balaban J connectivity index is 1.80. The summed E-state index contributed by atoms with van der Waals surface area (Å²) in [6, 6.07) is 8.06. The van der Waals surface area contributed by atoms with E-state index in [-0.39, 0.29) is 47.2 Å². The Labute approximate surface area is 191 Å². The fraction of sp³-hybridized carbons (Fsp3) is 0.231. The van der Waals surface area contributed by atoms with Crippen LogP contribution in [0.1, 0.15) is 35.6 Å². The lowest BCUT2D eigenvalue weighted by Gasteiger charge is -2.11. The van der Waals surface area contributed by atoms with Gasteiger partial charge in [0.25, 0.3) is 0 Å². The van der Waals surface area contributed by atoms with Crippen molar-refractivity contribution in [3.05, 3.63) is 99.9 Å². The second-order valence-corrected chi connectivity index (χ2v) is 7.83. The second-order valence-electron chi connectivity index (χ2n) is 7.83. The van der Waals surface area contributed by atoms with Crippen LogP contribution in [-0.4, -0.2) is 6.18 Å². The Kier molecular flexibility index (Phi) is 7.79. The summed E-state index contributed by atoms with van der Waals surface area (Å²) in [7, 11) is 0. The van der Waals surface area contributed by atoms with E-state index in [9.17, 15) is 35.1 Å². The highest BCUT2D eigenvalue weighted by Gasteiger charge is 2.23. The lowest BCUT2D eigenvalue weighted by atomic mass is 9.97. The van der Waals surface area contributed by atoms with Gasteiger partial charge in [-0.1, -0.05) is 25.5 Å². The minimum atomic E-state index is -4.74. The molecule has 0 radical (unpaired) electrons. The number of alkyl halides is 3. The summed E-state index contributed by atoms with van der Waals surface area (Å²) >= 11 is 0. The molecule has 3 aromatic rings. The van der Waals surface area contributed by atoms with Crippen molar-refractivity contribution in [3.63, 3.8) is 0 Å². The van der Waals surface area contributed by atoms with Crippen LogP contribution in [0, 0.1) is 29.1 Å². The highest BCUT2D eigenvalue weighted by molar-refractivity contribution is 5.65. The van der Waals surface area contributed by atoms with Crippen LogP contribution in [0.3, 0.4) is 0 Å². The maximum Gasteiger partial charge on any atom is 0.409 e. The second kappa shape index (κ2) is 10.4. The number of allylic oxidation sites excluding steroid dienone is 1. The monoisotopic (exact) mass is 484 g/mol. The van der Waals surface area contributed by atoms with Gasteiger partial charge in [0.1, 0.15) is 29.1 Å². The summed E-state index contributed by atoms with van der Waals surface area (Å²) in [6.07, 6.45) is -3.71. The molecule has 0 heterocycles. The molecule has 0 aliphatic heterocycles. The van der Waals surface area contributed by atoms with Crippen molar-refractivity contribution in [1.29, 1.82) is 0 Å². The molecule has 0 unspecified atom stereocenters. The molecule has 180 valence electrons. The van der Waals surface area contributed by atoms with E-state index < -0.39 is 40.8 Å². The molecule has 0 spiro atoms. The van der Waals surface area contributed by atoms with Gasteiger partial charge in [0.2, 0.25) is 0 Å². The Morgan fingerprint density at radius 3 is 1.79 bits per heavy atom. The van der Waals surface area contributed by atoms with E-state index in [1.165, 1.54) is 12.1 Å². The number of aryl methyl sites for hydroxylation is 2. The van der Waals surface area contributed by atoms with Gasteiger partial charge in [-0.2, -0.15) is 13.2 Å². The molecule has 0 N–H and O–H groups in total. The smallest absolute Gasteiger partial charge is 0.207 e. The predicted octanol–water partition coefficient (Wildman–Crippen LogP) is 8.36. The molecule has 0 bridgehead atoms. The number of hydrogen-bond donors (Lipinski definition) is 0. The lowest BCUT2D eigenvalue weighted by molar-refractivity contribution is -0.0790. The zero-order valence-electron chi connectivity index (χ0n) is 18.0. The number of halogens is 8. The van der Waals surface area contributed by atoms with Crippen molar-refractivity contribution >= 4 is 6.08 Å². The van der Waals surface area contributed by atoms with E-state index in [0.29, 0.717) is 6.42 Å². The highest BCUT2D eigenvalue weighted by atomic mass is 19.4. The van der Waals surface area contributed by atoms with Crippen LogP contribution >= 0.6 is 0 Å². The molecule has 8 heteroatoms. The largest absolute Gasteiger partial charge is 0.409 e. The molecule has 0 saturated heterocycles. The third kappa shape index (κ3) is 6.24. The van der Waals surface area contributed by atoms with Gasteiger partial charge in [0, 0.05) is 22.8 Å². The molecule has 0 aromatic heterocycles. The highest BCUT2D eigenvalue weighted by Crippen LogP contribution is 2.29. The average molecular weight is 484 g/mol. The topological polar surface area (TPSA) is 0 Å². The Morgan fingerprint density at radius 1 is 0.676 bits per heavy atom. The summed E-state index contributed by atoms with van der Waals surface area (Å²) in [4.78, 5) is 0. The van der Waals surface area contributed by atoms with E-state index in [0.717, 1.165) is 36.2 Å². The van der Waals surface area contributed by atoms with Gasteiger partial charge >= 0.3 is 6.18 Å². The SMILES string of the molecule is CCCc1ccc(-c2cc(F)c(CCc3cc(F)c(/C=C/C(F)(F)F)c(F)c3)c(F)c2)c(F)c1. The first-order chi connectivity index (χ1) is 16.0. The van der Waals surface area contributed by atoms with Gasteiger partial charge in [0.15, 0.2) is 0 Å².